The number of nitrogens with zero attached hydrogens (tertiary/aromatic N) is 1. The summed E-state index contributed by atoms with van der Waals surface area (Å²) in [5.74, 6) is 0.146. The third-order valence-electron chi connectivity index (χ3n) is 4.19. The molecule has 27 heavy (non-hydrogen) atoms. The quantitative estimate of drug-likeness (QED) is 0.674. The summed E-state index contributed by atoms with van der Waals surface area (Å²) in [4.78, 5) is 11.5. The predicted octanol–water partition coefficient (Wildman–Crippen LogP) is 2.70. The molecule has 2 aromatic carbocycles. The molecule has 3 aromatic rings. The molecule has 1 aromatic heterocycles. The number of aryl methyl sites for hydroxylation is 1. The third-order valence-corrected chi connectivity index (χ3v) is 6.25. The van der Waals surface area contributed by atoms with Crippen molar-refractivity contribution in [2.75, 3.05) is 7.11 Å². The van der Waals surface area contributed by atoms with Crippen molar-refractivity contribution in [2.24, 2.45) is 7.05 Å². The van der Waals surface area contributed by atoms with E-state index in [4.69, 9.17) is 20.8 Å². The minimum atomic E-state index is -3.90. The molecule has 0 amide bonds. The fourth-order valence-corrected chi connectivity index (χ4v) is 4.60. The van der Waals surface area contributed by atoms with E-state index in [0.29, 0.717) is 11.9 Å². The number of oxazole rings is 1. The Hall–Kier alpha value is -2.29. The fourth-order valence-electron chi connectivity index (χ4n) is 2.82. The van der Waals surface area contributed by atoms with E-state index < -0.39 is 15.8 Å². The summed E-state index contributed by atoms with van der Waals surface area (Å²) in [7, 11) is -0.790. The molecule has 9 heteroatoms. The Kier molecular flexibility index (Phi) is 5.32. The lowest BCUT2D eigenvalue weighted by atomic mass is 10.1. The largest absolute Gasteiger partial charge is 0.497 e. The molecule has 0 saturated heterocycles. The summed E-state index contributed by atoms with van der Waals surface area (Å²) in [5.41, 5.74) is 1.55. The van der Waals surface area contributed by atoms with Gasteiger partial charge >= 0.3 is 5.76 Å². The van der Waals surface area contributed by atoms with Gasteiger partial charge in [0.2, 0.25) is 10.0 Å². The van der Waals surface area contributed by atoms with Crippen molar-refractivity contribution in [1.29, 1.82) is 0 Å². The van der Waals surface area contributed by atoms with Crippen LogP contribution in [0.15, 0.2) is 50.5 Å². The van der Waals surface area contributed by atoms with Crippen LogP contribution in [0, 0.1) is 0 Å². The zero-order valence-corrected chi connectivity index (χ0v) is 16.6. The van der Waals surface area contributed by atoms with Crippen LogP contribution in [0.2, 0.25) is 5.02 Å². The zero-order valence-electron chi connectivity index (χ0n) is 15.0. The van der Waals surface area contributed by atoms with Crippen molar-refractivity contribution >= 4 is 32.7 Å². The van der Waals surface area contributed by atoms with Gasteiger partial charge in [-0.15, -0.1) is 0 Å². The average Bonchev–Trinajstić information content (AvgIpc) is 2.88. The molecule has 1 unspecified atom stereocenters. The lowest BCUT2D eigenvalue weighted by Gasteiger charge is -2.15. The van der Waals surface area contributed by atoms with Crippen molar-refractivity contribution in [1.82, 2.24) is 9.29 Å². The first-order chi connectivity index (χ1) is 12.7. The van der Waals surface area contributed by atoms with Gasteiger partial charge in [0.1, 0.15) is 10.6 Å². The molecule has 1 atom stereocenters. The van der Waals surface area contributed by atoms with Gasteiger partial charge in [0.25, 0.3) is 0 Å². The smallest absolute Gasteiger partial charge is 0.419 e. The van der Waals surface area contributed by atoms with E-state index in [1.807, 2.05) is 24.3 Å². The molecule has 0 saturated carbocycles. The molecule has 7 nitrogen and oxygen atoms in total. The maximum Gasteiger partial charge on any atom is 0.419 e. The molecule has 0 aliphatic rings. The van der Waals surface area contributed by atoms with Crippen molar-refractivity contribution in [3.63, 3.8) is 0 Å². The molecule has 1 N–H and O–H groups in total. The van der Waals surface area contributed by atoms with Crippen molar-refractivity contribution in [3.8, 4) is 5.75 Å². The van der Waals surface area contributed by atoms with Gasteiger partial charge < -0.3 is 9.15 Å². The zero-order chi connectivity index (χ0) is 19.8. The maximum absolute atomic E-state index is 12.7. The Morgan fingerprint density at radius 2 is 1.93 bits per heavy atom. The number of sulfonamides is 1. The number of aromatic nitrogens is 1. The van der Waals surface area contributed by atoms with Crippen LogP contribution in [0.1, 0.15) is 12.5 Å². The second-order valence-corrected chi connectivity index (χ2v) is 8.34. The van der Waals surface area contributed by atoms with Crippen LogP contribution in [-0.4, -0.2) is 26.1 Å². The molecule has 0 fully saturated rings. The number of fused-ring (bicyclic) bond motifs is 1. The van der Waals surface area contributed by atoms with Crippen LogP contribution in [0.25, 0.3) is 11.1 Å². The molecular weight excluding hydrogens is 392 g/mol. The van der Waals surface area contributed by atoms with Crippen LogP contribution in [0.3, 0.4) is 0 Å². The standard InChI is InChI=1S/C18H19ClN2O5S/c1-11(8-12-4-6-13(25-3)7-5-12)20-27(23,24)17-10-16-15(9-14(17)19)21(2)18(22)26-16/h4-7,9-11,20H,8H2,1-3H3. The SMILES string of the molecule is COc1ccc(CC(C)NS(=O)(=O)c2cc3oc(=O)n(C)c3cc2Cl)cc1. The number of hydrogen-bond donors (Lipinski definition) is 1. The Morgan fingerprint density at radius 3 is 2.56 bits per heavy atom. The second-order valence-electron chi connectivity index (χ2n) is 6.25. The van der Waals surface area contributed by atoms with Gasteiger partial charge in [-0.25, -0.2) is 17.9 Å². The Balaban J connectivity index is 1.84. The van der Waals surface area contributed by atoms with Gasteiger partial charge in [-0.3, -0.25) is 4.57 Å². The first-order valence-corrected chi connectivity index (χ1v) is 10.0. The van der Waals surface area contributed by atoms with Gasteiger partial charge in [-0.1, -0.05) is 23.7 Å². The molecule has 0 spiro atoms. The lowest BCUT2D eigenvalue weighted by Crippen LogP contribution is -2.34. The molecular formula is C18H19ClN2O5S. The summed E-state index contributed by atoms with van der Waals surface area (Å²) in [6.07, 6.45) is 0.490. The first-order valence-electron chi connectivity index (χ1n) is 8.15. The Labute approximate surface area is 161 Å². The Morgan fingerprint density at radius 1 is 1.26 bits per heavy atom. The van der Waals surface area contributed by atoms with E-state index in [9.17, 15) is 13.2 Å². The van der Waals surface area contributed by atoms with E-state index in [0.717, 1.165) is 11.3 Å². The minimum Gasteiger partial charge on any atom is -0.497 e. The molecule has 0 aliphatic heterocycles. The monoisotopic (exact) mass is 410 g/mol. The molecule has 144 valence electrons. The van der Waals surface area contributed by atoms with Gasteiger partial charge in [-0.05, 0) is 37.1 Å². The highest BCUT2D eigenvalue weighted by atomic mass is 35.5. The Bertz CT molecular complexity index is 1130. The highest BCUT2D eigenvalue weighted by Crippen LogP contribution is 2.27. The number of benzene rings is 2. The van der Waals surface area contributed by atoms with Crippen molar-refractivity contribution in [3.05, 3.63) is 57.5 Å². The first kappa shape index (κ1) is 19.5. The number of ether oxygens (including phenoxy) is 1. The van der Waals surface area contributed by atoms with Crippen LogP contribution < -0.4 is 15.2 Å². The average molecular weight is 411 g/mol. The van der Waals surface area contributed by atoms with Crippen LogP contribution in [0.4, 0.5) is 0 Å². The van der Waals surface area contributed by atoms with E-state index in [-0.39, 0.29) is 21.5 Å². The van der Waals surface area contributed by atoms with E-state index in [2.05, 4.69) is 4.72 Å². The number of methoxy groups -OCH3 is 1. The molecule has 0 aliphatic carbocycles. The number of nitrogens with one attached hydrogen (secondary N) is 1. The normalized spacial score (nSPS) is 13.0. The van der Waals surface area contributed by atoms with Crippen molar-refractivity contribution in [2.45, 2.75) is 24.3 Å². The van der Waals surface area contributed by atoms with Crippen LogP contribution in [-0.2, 0) is 23.5 Å². The van der Waals surface area contributed by atoms with Gasteiger partial charge in [0.15, 0.2) is 5.58 Å². The van der Waals surface area contributed by atoms with Gasteiger partial charge in [0.05, 0.1) is 17.6 Å². The molecule has 1 heterocycles. The van der Waals surface area contributed by atoms with Crippen molar-refractivity contribution < 1.29 is 17.6 Å². The molecule has 0 bridgehead atoms. The highest BCUT2D eigenvalue weighted by Gasteiger charge is 2.23. The summed E-state index contributed by atoms with van der Waals surface area (Å²) < 4.78 is 39.5. The van der Waals surface area contributed by atoms with E-state index in [1.165, 1.54) is 23.7 Å². The molecule has 0 radical (unpaired) electrons. The third kappa shape index (κ3) is 4.02. The fraction of sp³-hybridized carbons (Fsp3) is 0.278. The minimum absolute atomic E-state index is 0.0167. The predicted molar refractivity (Wildman–Crippen MR) is 103 cm³/mol. The lowest BCUT2D eigenvalue weighted by molar-refractivity contribution is 0.414. The summed E-state index contributed by atoms with van der Waals surface area (Å²) in [6, 6.07) is 9.68. The summed E-state index contributed by atoms with van der Waals surface area (Å²) >= 11 is 6.16. The number of rotatable bonds is 6. The molecule has 3 rings (SSSR count). The van der Waals surface area contributed by atoms with E-state index in [1.54, 1.807) is 14.0 Å². The van der Waals surface area contributed by atoms with Gasteiger partial charge in [-0.2, -0.15) is 0 Å². The highest BCUT2D eigenvalue weighted by molar-refractivity contribution is 7.89. The van der Waals surface area contributed by atoms with Crippen LogP contribution in [0.5, 0.6) is 5.75 Å². The number of halogens is 1. The van der Waals surface area contributed by atoms with Gasteiger partial charge in [0, 0.05) is 19.2 Å². The topological polar surface area (TPSA) is 90.5 Å². The van der Waals surface area contributed by atoms with E-state index >= 15 is 0 Å². The summed E-state index contributed by atoms with van der Waals surface area (Å²) in [6.45, 7) is 1.76. The number of hydrogen-bond acceptors (Lipinski definition) is 5. The van der Waals surface area contributed by atoms with Crippen LogP contribution >= 0.6 is 11.6 Å². The summed E-state index contributed by atoms with van der Waals surface area (Å²) in [5, 5.41) is 0.0167. The second kappa shape index (κ2) is 7.38. The maximum atomic E-state index is 12.7.